The fourth-order valence-electron chi connectivity index (χ4n) is 3.62. The number of hydrogen-bond acceptors (Lipinski definition) is 5. The van der Waals surface area contributed by atoms with Crippen molar-refractivity contribution in [3.8, 4) is 16.9 Å². The standard InChI is InChI=1S/C25H26ClNO4S/c1-14(2)20-10-9-19(11-15(20)3)31-13-21(28)27-24-23(25(29)30-5)22(16(4)32-24)17-7-6-8-18(26)12-17/h6-12,14H,13H2,1-5H3,(H,27,28). The van der Waals surface area contributed by atoms with E-state index in [1.54, 1.807) is 12.1 Å². The highest BCUT2D eigenvalue weighted by atomic mass is 35.5. The molecule has 0 saturated carbocycles. The number of hydrogen-bond donors (Lipinski definition) is 1. The number of methoxy groups -OCH3 is 1. The van der Waals surface area contributed by atoms with E-state index in [9.17, 15) is 9.59 Å². The number of ether oxygens (including phenoxy) is 2. The van der Waals surface area contributed by atoms with Crippen molar-refractivity contribution in [3.63, 3.8) is 0 Å². The van der Waals surface area contributed by atoms with Crippen LogP contribution in [0.15, 0.2) is 42.5 Å². The second kappa shape index (κ2) is 10.2. The molecule has 2 aromatic carbocycles. The number of esters is 1. The third-order valence-corrected chi connectivity index (χ3v) is 6.33. The first-order chi connectivity index (χ1) is 15.2. The zero-order valence-corrected chi connectivity index (χ0v) is 20.3. The van der Waals surface area contributed by atoms with Crippen LogP contribution in [0.3, 0.4) is 0 Å². The van der Waals surface area contributed by atoms with Gasteiger partial charge >= 0.3 is 5.97 Å². The van der Waals surface area contributed by atoms with Gasteiger partial charge in [0.2, 0.25) is 0 Å². The van der Waals surface area contributed by atoms with Crippen LogP contribution in [0.1, 0.15) is 46.1 Å². The van der Waals surface area contributed by atoms with Gasteiger partial charge in [-0.3, -0.25) is 4.79 Å². The molecule has 7 heteroatoms. The van der Waals surface area contributed by atoms with Crippen LogP contribution in [-0.4, -0.2) is 25.6 Å². The molecule has 1 heterocycles. The van der Waals surface area contributed by atoms with E-state index in [0.29, 0.717) is 32.8 Å². The monoisotopic (exact) mass is 471 g/mol. The van der Waals surface area contributed by atoms with Crippen LogP contribution >= 0.6 is 22.9 Å². The molecule has 3 aromatic rings. The predicted molar refractivity (Wildman–Crippen MR) is 130 cm³/mol. The lowest BCUT2D eigenvalue weighted by molar-refractivity contribution is -0.118. The lowest BCUT2D eigenvalue weighted by Gasteiger charge is -2.12. The van der Waals surface area contributed by atoms with E-state index in [2.05, 4.69) is 19.2 Å². The van der Waals surface area contributed by atoms with Crippen molar-refractivity contribution >= 4 is 39.8 Å². The second-order valence-electron chi connectivity index (χ2n) is 7.75. The van der Waals surface area contributed by atoms with Gasteiger partial charge in [0, 0.05) is 15.5 Å². The highest BCUT2D eigenvalue weighted by Crippen LogP contribution is 2.41. The summed E-state index contributed by atoms with van der Waals surface area (Å²) in [4.78, 5) is 26.1. The molecule has 0 saturated heterocycles. The lowest BCUT2D eigenvalue weighted by Crippen LogP contribution is -2.21. The first kappa shape index (κ1) is 23.8. The second-order valence-corrected chi connectivity index (χ2v) is 9.41. The number of thiophene rings is 1. The van der Waals surface area contributed by atoms with Gasteiger partial charge in [-0.1, -0.05) is 43.6 Å². The molecule has 0 bridgehead atoms. The molecule has 1 aromatic heterocycles. The third-order valence-electron chi connectivity index (χ3n) is 5.07. The highest BCUT2D eigenvalue weighted by Gasteiger charge is 2.25. The fraction of sp³-hybridized carbons (Fsp3) is 0.280. The Kier molecular flexibility index (Phi) is 7.59. The van der Waals surface area contributed by atoms with Crippen LogP contribution in [0.2, 0.25) is 5.02 Å². The quantitative estimate of drug-likeness (QED) is 0.393. The average molecular weight is 472 g/mol. The summed E-state index contributed by atoms with van der Waals surface area (Å²) in [6, 6.07) is 13.0. The zero-order chi connectivity index (χ0) is 23.4. The van der Waals surface area contributed by atoms with Gasteiger partial charge in [0.1, 0.15) is 16.3 Å². The summed E-state index contributed by atoms with van der Waals surface area (Å²) in [7, 11) is 1.31. The van der Waals surface area contributed by atoms with Crippen molar-refractivity contribution in [3.05, 3.63) is 69.1 Å². The summed E-state index contributed by atoms with van der Waals surface area (Å²) >= 11 is 7.45. The van der Waals surface area contributed by atoms with Crippen LogP contribution in [0.25, 0.3) is 11.1 Å². The number of aryl methyl sites for hydroxylation is 2. The number of anilines is 1. The zero-order valence-electron chi connectivity index (χ0n) is 18.7. The Morgan fingerprint density at radius 3 is 2.50 bits per heavy atom. The number of benzene rings is 2. The number of carbonyl (C=O) groups excluding carboxylic acids is 2. The Hall–Kier alpha value is -2.83. The van der Waals surface area contributed by atoms with Crippen molar-refractivity contribution in [2.24, 2.45) is 0 Å². The predicted octanol–water partition coefficient (Wildman–Crippen LogP) is 6.61. The van der Waals surface area contributed by atoms with Crippen LogP contribution in [0.5, 0.6) is 5.75 Å². The molecule has 0 aliphatic rings. The van der Waals surface area contributed by atoms with Crippen LogP contribution in [0, 0.1) is 13.8 Å². The maximum Gasteiger partial charge on any atom is 0.341 e. The Labute approximate surface area is 197 Å². The van der Waals surface area contributed by atoms with Crippen molar-refractivity contribution < 1.29 is 19.1 Å². The summed E-state index contributed by atoms with van der Waals surface area (Å²) < 4.78 is 10.7. The van der Waals surface area contributed by atoms with E-state index in [-0.39, 0.29) is 12.5 Å². The van der Waals surface area contributed by atoms with E-state index >= 15 is 0 Å². The number of nitrogens with one attached hydrogen (secondary N) is 1. The van der Waals surface area contributed by atoms with E-state index in [4.69, 9.17) is 21.1 Å². The largest absolute Gasteiger partial charge is 0.484 e. The van der Waals surface area contributed by atoms with Gasteiger partial charge in [0.15, 0.2) is 6.61 Å². The Bertz CT molecular complexity index is 1150. The molecule has 168 valence electrons. The molecule has 0 fully saturated rings. The molecule has 0 aliphatic carbocycles. The van der Waals surface area contributed by atoms with Crippen molar-refractivity contribution in [2.45, 2.75) is 33.6 Å². The Morgan fingerprint density at radius 2 is 1.88 bits per heavy atom. The first-order valence-electron chi connectivity index (χ1n) is 10.2. The van der Waals surface area contributed by atoms with Gasteiger partial charge in [0.05, 0.1) is 7.11 Å². The summed E-state index contributed by atoms with van der Waals surface area (Å²) in [5.41, 5.74) is 4.14. The fourth-order valence-corrected chi connectivity index (χ4v) is 4.89. The number of rotatable bonds is 7. The van der Waals surface area contributed by atoms with E-state index < -0.39 is 5.97 Å². The SMILES string of the molecule is COC(=O)c1c(NC(=O)COc2ccc(C(C)C)c(C)c2)sc(C)c1-c1cccc(Cl)c1. The Balaban J connectivity index is 1.81. The smallest absolute Gasteiger partial charge is 0.341 e. The highest BCUT2D eigenvalue weighted by molar-refractivity contribution is 7.17. The van der Waals surface area contributed by atoms with Crippen molar-refractivity contribution in [1.82, 2.24) is 0 Å². The van der Waals surface area contributed by atoms with E-state index in [1.165, 1.54) is 24.0 Å². The number of amides is 1. The molecule has 1 amide bonds. The molecule has 0 spiro atoms. The molecule has 0 atom stereocenters. The molecule has 0 aliphatic heterocycles. The van der Waals surface area contributed by atoms with Gasteiger partial charge in [-0.05, 0) is 60.7 Å². The summed E-state index contributed by atoms with van der Waals surface area (Å²) in [5.74, 6) is 0.150. The van der Waals surface area contributed by atoms with Crippen molar-refractivity contribution in [2.75, 3.05) is 19.0 Å². The summed E-state index contributed by atoms with van der Waals surface area (Å²) in [6.07, 6.45) is 0. The lowest BCUT2D eigenvalue weighted by atomic mass is 9.98. The third kappa shape index (κ3) is 5.31. The van der Waals surface area contributed by atoms with E-state index in [0.717, 1.165) is 16.0 Å². The van der Waals surface area contributed by atoms with Crippen molar-refractivity contribution in [1.29, 1.82) is 0 Å². The van der Waals surface area contributed by atoms with Crippen LogP contribution < -0.4 is 10.1 Å². The number of halogens is 1. The molecule has 32 heavy (non-hydrogen) atoms. The summed E-state index contributed by atoms with van der Waals surface area (Å²) in [5, 5.41) is 3.78. The molecule has 5 nitrogen and oxygen atoms in total. The van der Waals surface area contributed by atoms with Crippen LogP contribution in [0.4, 0.5) is 5.00 Å². The van der Waals surface area contributed by atoms with Gasteiger partial charge in [-0.25, -0.2) is 4.79 Å². The van der Waals surface area contributed by atoms with Gasteiger partial charge in [-0.2, -0.15) is 0 Å². The molecule has 3 rings (SSSR count). The first-order valence-corrected chi connectivity index (χ1v) is 11.4. The van der Waals surface area contributed by atoms with E-state index in [1.807, 2.05) is 44.2 Å². The van der Waals surface area contributed by atoms with Crippen LogP contribution in [-0.2, 0) is 9.53 Å². The molecular weight excluding hydrogens is 446 g/mol. The molecule has 1 N–H and O–H groups in total. The minimum absolute atomic E-state index is 0.176. The topological polar surface area (TPSA) is 64.6 Å². The van der Waals surface area contributed by atoms with Gasteiger partial charge in [0.25, 0.3) is 5.91 Å². The number of carbonyl (C=O) groups is 2. The summed E-state index contributed by atoms with van der Waals surface area (Å²) in [6.45, 7) is 8.01. The molecule has 0 unspecified atom stereocenters. The maximum atomic E-state index is 12.6. The molecular formula is C25H26ClNO4S. The maximum absolute atomic E-state index is 12.6. The molecule has 0 radical (unpaired) electrons. The van der Waals surface area contributed by atoms with Gasteiger partial charge in [-0.15, -0.1) is 11.3 Å². The minimum atomic E-state index is -0.527. The minimum Gasteiger partial charge on any atom is -0.484 e. The normalized spacial score (nSPS) is 10.8. The Morgan fingerprint density at radius 1 is 1.12 bits per heavy atom. The average Bonchev–Trinajstić information content (AvgIpc) is 3.06. The van der Waals surface area contributed by atoms with Gasteiger partial charge < -0.3 is 14.8 Å².